The van der Waals surface area contributed by atoms with Crippen molar-refractivity contribution < 1.29 is 0 Å². The molecule has 3 nitrogen and oxygen atoms in total. The molecule has 106 valence electrons. The van der Waals surface area contributed by atoms with Crippen LogP contribution < -0.4 is 5.32 Å². The Morgan fingerprint density at radius 3 is 2.65 bits per heavy atom. The molecular weight excluding hydrogens is 246 g/mol. The van der Waals surface area contributed by atoms with Crippen LogP contribution in [0.1, 0.15) is 50.4 Å². The van der Waals surface area contributed by atoms with Crippen molar-refractivity contribution in [2.45, 2.75) is 45.7 Å². The van der Waals surface area contributed by atoms with Crippen LogP contribution >= 0.6 is 0 Å². The first-order valence-electron chi connectivity index (χ1n) is 7.58. The molecule has 0 amide bonds. The topological polar surface area (TPSA) is 29.9 Å². The SMILES string of the molecule is CCc1ccc([C@H]2C[C@@H](C(C)C)n3nccc3N2)cc1. The molecule has 1 aliphatic rings. The third kappa shape index (κ3) is 2.33. The van der Waals surface area contributed by atoms with Crippen LogP contribution in [-0.2, 0) is 6.42 Å². The summed E-state index contributed by atoms with van der Waals surface area (Å²) in [6, 6.07) is 11.9. The molecule has 0 bridgehead atoms. The van der Waals surface area contributed by atoms with E-state index in [9.17, 15) is 0 Å². The van der Waals surface area contributed by atoms with Crippen molar-refractivity contribution >= 4 is 5.82 Å². The zero-order chi connectivity index (χ0) is 14.1. The van der Waals surface area contributed by atoms with Crippen molar-refractivity contribution in [2.24, 2.45) is 5.92 Å². The van der Waals surface area contributed by atoms with Gasteiger partial charge in [0.25, 0.3) is 0 Å². The molecular formula is C17H23N3. The summed E-state index contributed by atoms with van der Waals surface area (Å²) in [6.07, 6.45) is 4.08. The van der Waals surface area contributed by atoms with Crippen LogP contribution in [0.4, 0.5) is 5.82 Å². The molecule has 0 spiro atoms. The van der Waals surface area contributed by atoms with Gasteiger partial charge in [-0.05, 0) is 29.9 Å². The summed E-state index contributed by atoms with van der Waals surface area (Å²) >= 11 is 0. The minimum absolute atomic E-state index is 0.387. The van der Waals surface area contributed by atoms with E-state index in [1.165, 1.54) is 11.1 Å². The van der Waals surface area contributed by atoms with E-state index in [1.54, 1.807) is 0 Å². The number of aryl methyl sites for hydroxylation is 1. The first-order chi connectivity index (χ1) is 9.69. The van der Waals surface area contributed by atoms with Crippen LogP contribution in [0.15, 0.2) is 36.5 Å². The standard InChI is InChI=1S/C17H23N3/c1-4-13-5-7-14(8-6-13)15-11-16(12(2)3)20-17(19-15)9-10-18-20/h5-10,12,15-16,19H,4,11H2,1-3H3/t15-,16+/m1/s1. The lowest BCUT2D eigenvalue weighted by Crippen LogP contribution is -2.29. The Morgan fingerprint density at radius 2 is 2.00 bits per heavy atom. The normalized spacial score (nSPS) is 21.6. The average molecular weight is 269 g/mol. The van der Waals surface area contributed by atoms with Crippen molar-refractivity contribution in [1.29, 1.82) is 0 Å². The van der Waals surface area contributed by atoms with Gasteiger partial charge in [-0.15, -0.1) is 0 Å². The number of hydrogen-bond donors (Lipinski definition) is 1. The maximum absolute atomic E-state index is 4.47. The summed E-state index contributed by atoms with van der Waals surface area (Å²) < 4.78 is 2.14. The summed E-state index contributed by atoms with van der Waals surface area (Å²) in [5, 5.41) is 8.09. The van der Waals surface area contributed by atoms with E-state index >= 15 is 0 Å². The van der Waals surface area contributed by atoms with Crippen LogP contribution in [0, 0.1) is 5.92 Å². The van der Waals surface area contributed by atoms with Gasteiger partial charge in [0.1, 0.15) is 5.82 Å². The van der Waals surface area contributed by atoms with Crippen LogP contribution in [0.3, 0.4) is 0 Å². The molecule has 0 saturated heterocycles. The summed E-state index contributed by atoms with van der Waals surface area (Å²) in [6.45, 7) is 6.75. The van der Waals surface area contributed by atoms with E-state index in [1.807, 2.05) is 6.20 Å². The van der Waals surface area contributed by atoms with Gasteiger partial charge in [-0.3, -0.25) is 0 Å². The maximum atomic E-state index is 4.47. The molecule has 1 aliphatic heterocycles. The predicted octanol–water partition coefficient (Wildman–Crippen LogP) is 4.20. The Balaban J connectivity index is 1.88. The van der Waals surface area contributed by atoms with Crippen molar-refractivity contribution in [3.63, 3.8) is 0 Å². The van der Waals surface area contributed by atoms with E-state index in [-0.39, 0.29) is 0 Å². The Kier molecular flexibility index (Phi) is 3.51. The van der Waals surface area contributed by atoms with Crippen molar-refractivity contribution in [3.05, 3.63) is 47.7 Å². The van der Waals surface area contributed by atoms with E-state index < -0.39 is 0 Å². The van der Waals surface area contributed by atoms with E-state index in [0.717, 1.165) is 18.7 Å². The number of fused-ring (bicyclic) bond motifs is 1. The fourth-order valence-corrected chi connectivity index (χ4v) is 3.03. The van der Waals surface area contributed by atoms with Crippen molar-refractivity contribution in [3.8, 4) is 0 Å². The third-order valence-corrected chi connectivity index (χ3v) is 4.34. The quantitative estimate of drug-likeness (QED) is 0.905. The molecule has 0 radical (unpaired) electrons. The molecule has 3 heteroatoms. The predicted molar refractivity (Wildman–Crippen MR) is 82.9 cm³/mol. The van der Waals surface area contributed by atoms with Crippen LogP contribution in [0.5, 0.6) is 0 Å². The lowest BCUT2D eigenvalue weighted by Gasteiger charge is -2.34. The summed E-state index contributed by atoms with van der Waals surface area (Å²) in [5.74, 6) is 1.73. The highest BCUT2D eigenvalue weighted by Gasteiger charge is 2.29. The number of aromatic nitrogens is 2. The van der Waals surface area contributed by atoms with Gasteiger partial charge in [0, 0.05) is 6.07 Å². The fourth-order valence-electron chi connectivity index (χ4n) is 3.03. The van der Waals surface area contributed by atoms with Gasteiger partial charge in [0.15, 0.2) is 0 Å². The molecule has 0 fully saturated rings. The molecule has 0 saturated carbocycles. The molecule has 2 atom stereocenters. The molecule has 2 aromatic rings. The lowest BCUT2D eigenvalue weighted by atomic mass is 9.91. The van der Waals surface area contributed by atoms with Gasteiger partial charge < -0.3 is 5.32 Å². The van der Waals surface area contributed by atoms with Gasteiger partial charge in [-0.25, -0.2) is 4.68 Å². The van der Waals surface area contributed by atoms with Crippen LogP contribution in [0.2, 0.25) is 0 Å². The second kappa shape index (κ2) is 5.31. The molecule has 0 aliphatic carbocycles. The van der Waals surface area contributed by atoms with Crippen molar-refractivity contribution in [1.82, 2.24) is 9.78 Å². The first kappa shape index (κ1) is 13.2. The minimum Gasteiger partial charge on any atom is -0.363 e. The number of benzene rings is 1. The van der Waals surface area contributed by atoms with E-state index in [2.05, 4.69) is 66.2 Å². The van der Waals surface area contributed by atoms with Crippen molar-refractivity contribution in [2.75, 3.05) is 5.32 Å². The molecule has 1 N–H and O–H groups in total. The Labute approximate surface area is 121 Å². The summed E-state index contributed by atoms with van der Waals surface area (Å²) in [5.41, 5.74) is 2.77. The van der Waals surface area contributed by atoms with Gasteiger partial charge in [-0.1, -0.05) is 45.0 Å². The average Bonchev–Trinajstić information content (AvgIpc) is 2.94. The number of hydrogen-bond acceptors (Lipinski definition) is 2. The van der Waals surface area contributed by atoms with E-state index in [4.69, 9.17) is 0 Å². The van der Waals surface area contributed by atoms with Crippen LogP contribution in [-0.4, -0.2) is 9.78 Å². The number of nitrogens with one attached hydrogen (secondary N) is 1. The Morgan fingerprint density at radius 1 is 1.25 bits per heavy atom. The van der Waals surface area contributed by atoms with E-state index in [0.29, 0.717) is 18.0 Å². The first-order valence-corrected chi connectivity index (χ1v) is 7.58. The molecule has 2 heterocycles. The minimum atomic E-state index is 0.387. The highest BCUT2D eigenvalue weighted by atomic mass is 15.4. The maximum Gasteiger partial charge on any atom is 0.125 e. The molecule has 0 unspecified atom stereocenters. The zero-order valence-corrected chi connectivity index (χ0v) is 12.5. The lowest BCUT2D eigenvalue weighted by molar-refractivity contribution is 0.296. The smallest absolute Gasteiger partial charge is 0.125 e. The van der Waals surface area contributed by atoms with Crippen LogP contribution in [0.25, 0.3) is 0 Å². The summed E-state index contributed by atoms with van der Waals surface area (Å²) in [7, 11) is 0. The largest absolute Gasteiger partial charge is 0.363 e. The fraction of sp³-hybridized carbons (Fsp3) is 0.471. The second-order valence-electron chi connectivity index (χ2n) is 6.00. The Hall–Kier alpha value is -1.77. The molecule has 3 rings (SSSR count). The number of nitrogens with zero attached hydrogens (tertiary/aromatic N) is 2. The number of anilines is 1. The molecule has 1 aromatic carbocycles. The van der Waals surface area contributed by atoms with Gasteiger partial charge in [0.2, 0.25) is 0 Å². The highest BCUT2D eigenvalue weighted by molar-refractivity contribution is 5.41. The highest BCUT2D eigenvalue weighted by Crippen LogP contribution is 2.38. The third-order valence-electron chi connectivity index (χ3n) is 4.34. The zero-order valence-electron chi connectivity index (χ0n) is 12.5. The van der Waals surface area contributed by atoms with Gasteiger partial charge >= 0.3 is 0 Å². The second-order valence-corrected chi connectivity index (χ2v) is 6.00. The summed E-state index contributed by atoms with van der Waals surface area (Å²) in [4.78, 5) is 0. The Bertz CT molecular complexity index is 568. The van der Waals surface area contributed by atoms with Gasteiger partial charge in [-0.2, -0.15) is 5.10 Å². The monoisotopic (exact) mass is 269 g/mol. The molecule has 20 heavy (non-hydrogen) atoms. The molecule has 1 aromatic heterocycles. The number of rotatable bonds is 3. The van der Waals surface area contributed by atoms with Gasteiger partial charge in [0.05, 0.1) is 18.3 Å².